The smallest absolute Gasteiger partial charge is 0.326 e. The molecule has 0 saturated heterocycles. The first-order chi connectivity index (χ1) is 12.1. The number of carboxylic acid groups (broad SMARTS) is 1. The Morgan fingerprint density at radius 1 is 0.960 bits per heavy atom. The normalized spacial score (nSPS) is 12.5. The van der Waals surface area contributed by atoms with Gasteiger partial charge in [-0.3, -0.25) is 9.78 Å². The highest BCUT2D eigenvalue weighted by Gasteiger charge is 2.35. The van der Waals surface area contributed by atoms with Crippen LogP contribution in [0, 0.1) is 11.8 Å². The maximum absolute atomic E-state index is 12.1. The molecule has 0 aliphatic rings. The van der Waals surface area contributed by atoms with Crippen LogP contribution in [0.25, 0.3) is 11.1 Å². The van der Waals surface area contributed by atoms with Gasteiger partial charge in [0, 0.05) is 18.0 Å². The third kappa shape index (κ3) is 3.44. The summed E-state index contributed by atoms with van der Waals surface area (Å²) in [7, 11) is 0. The molecule has 0 radical (unpaired) electrons. The predicted octanol–water partition coefficient (Wildman–Crippen LogP) is 4.14. The lowest BCUT2D eigenvalue weighted by molar-refractivity contribution is -0.140. The molecule has 1 heterocycles. The summed E-state index contributed by atoms with van der Waals surface area (Å²) in [5, 5.41) is 9.92. The number of hydrogen-bond donors (Lipinski definition) is 1. The van der Waals surface area contributed by atoms with Crippen LogP contribution in [0.4, 0.5) is 0 Å². The topological polar surface area (TPSA) is 50.2 Å². The number of rotatable bonds is 3. The number of aliphatic carboxylic acids is 1. The SMILES string of the molecule is CC(C#Cc1ccncc1)(C(=O)O)c1ccccc1-c1ccccc1. The monoisotopic (exact) mass is 327 g/mol. The van der Waals surface area contributed by atoms with Crippen LogP contribution in [0.3, 0.4) is 0 Å². The van der Waals surface area contributed by atoms with Crippen molar-refractivity contribution in [3.63, 3.8) is 0 Å². The molecule has 122 valence electrons. The molecule has 0 aliphatic carbocycles. The van der Waals surface area contributed by atoms with Crippen molar-refractivity contribution < 1.29 is 9.90 Å². The van der Waals surface area contributed by atoms with E-state index in [0.29, 0.717) is 5.56 Å². The Kier molecular flexibility index (Phi) is 4.63. The molecule has 3 aromatic rings. The molecule has 3 rings (SSSR count). The Hall–Kier alpha value is -3.38. The van der Waals surface area contributed by atoms with Gasteiger partial charge in [0.15, 0.2) is 5.41 Å². The van der Waals surface area contributed by atoms with Gasteiger partial charge < -0.3 is 5.11 Å². The Morgan fingerprint density at radius 3 is 2.28 bits per heavy atom. The lowest BCUT2D eigenvalue weighted by Crippen LogP contribution is -2.31. The molecular formula is C22H17NO2. The first-order valence-corrected chi connectivity index (χ1v) is 7.93. The van der Waals surface area contributed by atoms with E-state index in [4.69, 9.17) is 0 Å². The predicted molar refractivity (Wildman–Crippen MR) is 98.0 cm³/mol. The van der Waals surface area contributed by atoms with E-state index in [1.54, 1.807) is 31.5 Å². The first kappa shape index (κ1) is 16.5. The van der Waals surface area contributed by atoms with E-state index in [9.17, 15) is 9.90 Å². The van der Waals surface area contributed by atoms with Crippen LogP contribution in [0.2, 0.25) is 0 Å². The maximum atomic E-state index is 12.1. The molecule has 3 nitrogen and oxygen atoms in total. The van der Waals surface area contributed by atoms with Crippen molar-refractivity contribution >= 4 is 5.97 Å². The summed E-state index contributed by atoms with van der Waals surface area (Å²) in [5.41, 5.74) is 1.93. The minimum atomic E-state index is -1.32. The molecule has 0 spiro atoms. The molecule has 0 amide bonds. The molecule has 0 fully saturated rings. The lowest BCUT2D eigenvalue weighted by Gasteiger charge is -2.22. The molecule has 0 aliphatic heterocycles. The zero-order valence-electron chi connectivity index (χ0n) is 13.8. The van der Waals surface area contributed by atoms with Crippen LogP contribution < -0.4 is 0 Å². The van der Waals surface area contributed by atoms with Gasteiger partial charge in [0.05, 0.1) is 0 Å². The molecule has 1 unspecified atom stereocenters. The molecule has 25 heavy (non-hydrogen) atoms. The highest BCUT2D eigenvalue weighted by Crippen LogP contribution is 2.33. The van der Waals surface area contributed by atoms with Gasteiger partial charge in [-0.05, 0) is 35.7 Å². The van der Waals surface area contributed by atoms with Crippen LogP contribution in [0.15, 0.2) is 79.1 Å². The van der Waals surface area contributed by atoms with E-state index in [2.05, 4.69) is 16.8 Å². The van der Waals surface area contributed by atoms with Crippen molar-refractivity contribution in [3.8, 4) is 23.0 Å². The number of pyridine rings is 1. The molecule has 3 heteroatoms. The maximum Gasteiger partial charge on any atom is 0.326 e. The Balaban J connectivity index is 2.14. The van der Waals surface area contributed by atoms with Crippen molar-refractivity contribution in [1.82, 2.24) is 4.98 Å². The average molecular weight is 327 g/mol. The van der Waals surface area contributed by atoms with Gasteiger partial charge in [0.1, 0.15) is 0 Å². The molecule has 2 aromatic carbocycles. The summed E-state index contributed by atoms with van der Waals surface area (Å²) in [5.74, 6) is 4.96. The van der Waals surface area contributed by atoms with Gasteiger partial charge in [-0.1, -0.05) is 66.4 Å². The average Bonchev–Trinajstić information content (AvgIpc) is 2.67. The quantitative estimate of drug-likeness (QED) is 0.736. The van der Waals surface area contributed by atoms with Gasteiger partial charge >= 0.3 is 5.97 Å². The third-order valence-electron chi connectivity index (χ3n) is 4.12. The zero-order valence-corrected chi connectivity index (χ0v) is 13.8. The van der Waals surface area contributed by atoms with Crippen molar-refractivity contribution in [3.05, 3.63) is 90.3 Å². The molecule has 1 N–H and O–H groups in total. The van der Waals surface area contributed by atoms with Gasteiger partial charge in [-0.25, -0.2) is 0 Å². The van der Waals surface area contributed by atoms with Crippen LogP contribution in [0.5, 0.6) is 0 Å². The highest BCUT2D eigenvalue weighted by atomic mass is 16.4. The van der Waals surface area contributed by atoms with E-state index in [-0.39, 0.29) is 0 Å². The standard InChI is InChI=1S/C22H17NO2/c1-22(21(24)25,14-11-17-12-15-23-16-13-17)20-10-6-5-9-19(20)18-7-3-2-4-8-18/h2-10,12-13,15-16H,1H3,(H,24,25). The van der Waals surface area contributed by atoms with Crippen molar-refractivity contribution in [2.45, 2.75) is 12.3 Å². The van der Waals surface area contributed by atoms with Gasteiger partial charge in [-0.15, -0.1) is 0 Å². The van der Waals surface area contributed by atoms with E-state index < -0.39 is 11.4 Å². The fourth-order valence-corrected chi connectivity index (χ4v) is 2.66. The second kappa shape index (κ2) is 7.02. The molecule has 0 saturated carbocycles. The summed E-state index contributed by atoms with van der Waals surface area (Å²) in [6, 6.07) is 20.8. The molecule has 0 bridgehead atoms. The van der Waals surface area contributed by atoms with E-state index in [1.807, 2.05) is 54.6 Å². The summed E-state index contributed by atoms with van der Waals surface area (Å²) >= 11 is 0. The Morgan fingerprint density at radius 2 is 1.60 bits per heavy atom. The van der Waals surface area contributed by atoms with Crippen molar-refractivity contribution in [2.75, 3.05) is 0 Å². The van der Waals surface area contributed by atoms with Crippen molar-refractivity contribution in [1.29, 1.82) is 0 Å². The Labute approximate surface area is 147 Å². The fraction of sp³-hybridized carbons (Fsp3) is 0.0909. The second-order valence-corrected chi connectivity index (χ2v) is 5.83. The number of aromatic nitrogens is 1. The van der Waals surface area contributed by atoms with Gasteiger partial charge in [-0.2, -0.15) is 0 Å². The van der Waals surface area contributed by atoms with Crippen LogP contribution in [-0.2, 0) is 10.2 Å². The van der Waals surface area contributed by atoms with Crippen LogP contribution in [-0.4, -0.2) is 16.1 Å². The summed E-state index contributed by atoms with van der Waals surface area (Å²) in [6.07, 6.45) is 3.28. The van der Waals surface area contributed by atoms with Crippen molar-refractivity contribution in [2.24, 2.45) is 0 Å². The number of carboxylic acids is 1. The van der Waals surface area contributed by atoms with Gasteiger partial charge in [0.2, 0.25) is 0 Å². The molecular weight excluding hydrogens is 310 g/mol. The van der Waals surface area contributed by atoms with Gasteiger partial charge in [0.25, 0.3) is 0 Å². The van der Waals surface area contributed by atoms with E-state index >= 15 is 0 Å². The van der Waals surface area contributed by atoms with E-state index in [1.165, 1.54) is 0 Å². The highest BCUT2D eigenvalue weighted by molar-refractivity contribution is 5.89. The second-order valence-electron chi connectivity index (χ2n) is 5.83. The summed E-state index contributed by atoms with van der Waals surface area (Å²) in [4.78, 5) is 16.1. The third-order valence-corrected chi connectivity index (χ3v) is 4.12. The first-order valence-electron chi connectivity index (χ1n) is 7.93. The minimum absolute atomic E-state index is 0.676. The zero-order chi connectivity index (χ0) is 17.7. The molecule has 1 atom stereocenters. The number of benzene rings is 2. The summed E-state index contributed by atoms with van der Waals surface area (Å²) < 4.78 is 0. The lowest BCUT2D eigenvalue weighted by atomic mass is 9.78. The fourth-order valence-electron chi connectivity index (χ4n) is 2.66. The number of hydrogen-bond acceptors (Lipinski definition) is 2. The largest absolute Gasteiger partial charge is 0.480 e. The minimum Gasteiger partial charge on any atom is -0.480 e. The number of nitrogens with zero attached hydrogens (tertiary/aromatic N) is 1. The summed E-state index contributed by atoms with van der Waals surface area (Å²) in [6.45, 7) is 1.64. The van der Waals surface area contributed by atoms with Crippen LogP contribution >= 0.6 is 0 Å². The van der Waals surface area contributed by atoms with Crippen LogP contribution in [0.1, 0.15) is 18.1 Å². The van der Waals surface area contributed by atoms with E-state index in [0.717, 1.165) is 16.7 Å². The number of carbonyl (C=O) groups is 1. The Bertz CT molecular complexity index is 940. The molecule has 1 aromatic heterocycles.